The van der Waals surface area contributed by atoms with Gasteiger partial charge in [-0.15, -0.1) is 5.10 Å². The van der Waals surface area contributed by atoms with Crippen molar-refractivity contribution in [3.05, 3.63) is 58.6 Å². The zero-order chi connectivity index (χ0) is 19.0. The number of thioether (sulfide) groups is 1. The maximum absolute atomic E-state index is 12.6. The summed E-state index contributed by atoms with van der Waals surface area (Å²) in [5.41, 5.74) is 2.89. The molecule has 0 spiro atoms. The van der Waals surface area contributed by atoms with Gasteiger partial charge in [0.1, 0.15) is 0 Å². The third-order valence-corrected chi connectivity index (χ3v) is 5.47. The van der Waals surface area contributed by atoms with Crippen LogP contribution in [0.4, 0.5) is 5.69 Å². The number of fused-ring (bicyclic) bond motifs is 1. The zero-order valence-corrected chi connectivity index (χ0v) is 15.8. The molecule has 0 bridgehead atoms. The summed E-state index contributed by atoms with van der Waals surface area (Å²) in [6.07, 6.45) is 0. The number of hydrogen-bond donors (Lipinski definition) is 1. The number of tetrazole rings is 1. The number of amides is 1. The monoisotopic (exact) mass is 399 g/mol. The number of anilines is 1. The summed E-state index contributed by atoms with van der Waals surface area (Å²) < 4.78 is 1.54. The number of ketones is 1. The molecule has 2 aromatic carbocycles. The minimum atomic E-state index is -0.254. The highest BCUT2D eigenvalue weighted by Gasteiger charge is 2.27. The minimum Gasteiger partial charge on any atom is -0.325 e. The summed E-state index contributed by atoms with van der Waals surface area (Å²) in [6, 6.07) is 12.4. The Kier molecular flexibility index (Phi) is 4.67. The quantitative estimate of drug-likeness (QED) is 0.522. The molecule has 0 unspecified atom stereocenters. The molecule has 2 heterocycles. The van der Waals surface area contributed by atoms with Crippen LogP contribution in [0.3, 0.4) is 0 Å². The van der Waals surface area contributed by atoms with Crippen molar-refractivity contribution in [1.29, 1.82) is 0 Å². The van der Waals surface area contributed by atoms with Gasteiger partial charge in [-0.1, -0.05) is 29.4 Å². The molecule has 1 aliphatic heterocycles. The van der Waals surface area contributed by atoms with Crippen molar-refractivity contribution in [1.82, 2.24) is 20.2 Å². The van der Waals surface area contributed by atoms with Gasteiger partial charge in [0.25, 0.3) is 0 Å². The van der Waals surface area contributed by atoms with Crippen LogP contribution in [0.2, 0.25) is 5.02 Å². The second kappa shape index (κ2) is 7.13. The lowest BCUT2D eigenvalue weighted by molar-refractivity contribution is -0.116. The minimum absolute atomic E-state index is 0.0512. The van der Waals surface area contributed by atoms with Gasteiger partial charge < -0.3 is 5.32 Å². The van der Waals surface area contributed by atoms with E-state index >= 15 is 0 Å². The predicted molar refractivity (Wildman–Crippen MR) is 103 cm³/mol. The van der Waals surface area contributed by atoms with Crippen LogP contribution in [0, 0.1) is 0 Å². The van der Waals surface area contributed by atoms with E-state index < -0.39 is 0 Å². The summed E-state index contributed by atoms with van der Waals surface area (Å²) in [4.78, 5) is 24.4. The molecule has 4 rings (SSSR count). The number of Topliss-reactive ketones (excluding diaryl/α,β-unsaturated/α-hetero) is 1. The number of carbonyl (C=O) groups excluding carboxylic acids is 2. The van der Waals surface area contributed by atoms with E-state index in [0.717, 1.165) is 16.9 Å². The van der Waals surface area contributed by atoms with Crippen molar-refractivity contribution in [2.24, 2.45) is 0 Å². The molecule has 0 radical (unpaired) electrons. The third-order valence-electron chi connectivity index (χ3n) is 4.32. The van der Waals surface area contributed by atoms with E-state index in [-0.39, 0.29) is 23.4 Å². The van der Waals surface area contributed by atoms with Gasteiger partial charge in [0.2, 0.25) is 11.1 Å². The molecular weight excluding hydrogens is 386 g/mol. The van der Waals surface area contributed by atoms with Crippen molar-refractivity contribution in [2.45, 2.75) is 18.0 Å². The molecular formula is C18H14ClN5O2S. The number of benzene rings is 2. The number of nitrogens with zero attached hydrogens (tertiary/aromatic N) is 4. The van der Waals surface area contributed by atoms with Crippen molar-refractivity contribution in [2.75, 3.05) is 11.1 Å². The fourth-order valence-electron chi connectivity index (χ4n) is 2.84. The van der Waals surface area contributed by atoms with Gasteiger partial charge in [-0.3, -0.25) is 9.59 Å². The van der Waals surface area contributed by atoms with E-state index in [1.165, 1.54) is 16.4 Å². The van der Waals surface area contributed by atoms with Crippen molar-refractivity contribution < 1.29 is 9.59 Å². The lowest BCUT2D eigenvalue weighted by Gasteiger charge is -2.06. The zero-order valence-electron chi connectivity index (χ0n) is 14.2. The largest absolute Gasteiger partial charge is 0.325 e. The van der Waals surface area contributed by atoms with Crippen LogP contribution in [-0.4, -0.2) is 37.7 Å². The van der Waals surface area contributed by atoms with Gasteiger partial charge >= 0.3 is 0 Å². The molecule has 1 amide bonds. The Morgan fingerprint density at radius 3 is 2.96 bits per heavy atom. The van der Waals surface area contributed by atoms with Gasteiger partial charge in [-0.25, -0.2) is 0 Å². The number of carbonyl (C=O) groups is 2. The molecule has 0 aliphatic carbocycles. The molecule has 9 heteroatoms. The number of nitrogens with one attached hydrogen (secondary N) is 1. The Labute approximate surface area is 164 Å². The van der Waals surface area contributed by atoms with Gasteiger partial charge in [-0.05, 0) is 59.3 Å². The van der Waals surface area contributed by atoms with Crippen LogP contribution in [-0.2, 0) is 4.79 Å². The molecule has 1 atom stereocenters. The fourth-order valence-corrected chi connectivity index (χ4v) is 3.81. The highest BCUT2D eigenvalue weighted by atomic mass is 35.5. The molecule has 7 nitrogen and oxygen atoms in total. The Morgan fingerprint density at radius 1 is 1.30 bits per heavy atom. The highest BCUT2D eigenvalue weighted by molar-refractivity contribution is 7.99. The number of halogens is 1. The Morgan fingerprint density at radius 2 is 2.15 bits per heavy atom. The summed E-state index contributed by atoms with van der Waals surface area (Å²) in [7, 11) is 0. The molecule has 1 N–H and O–H groups in total. The molecule has 3 aromatic rings. The molecule has 136 valence electrons. The molecule has 0 fully saturated rings. The first kappa shape index (κ1) is 17.7. The predicted octanol–water partition coefficient (Wildman–Crippen LogP) is 3.35. The first-order valence-electron chi connectivity index (χ1n) is 8.18. The van der Waals surface area contributed by atoms with Gasteiger partial charge in [0.15, 0.2) is 5.78 Å². The number of hydrogen-bond acceptors (Lipinski definition) is 6. The standard InChI is InChI=1S/C18H14ClN5O2S/c1-10-14-7-11(5-6-15(14)20-17(10)26)16(25)9-27-18-21-22-23-24(18)13-4-2-3-12(19)8-13/h2-8,10H,9H2,1H3,(H,20,26)/t10-/m0/s1. The number of rotatable bonds is 5. The molecule has 1 aliphatic rings. The lowest BCUT2D eigenvalue weighted by atomic mass is 9.99. The Hall–Kier alpha value is -2.71. The smallest absolute Gasteiger partial charge is 0.231 e. The van der Waals surface area contributed by atoms with Crippen molar-refractivity contribution >= 4 is 40.7 Å². The molecule has 27 heavy (non-hydrogen) atoms. The molecule has 1 aromatic heterocycles. The third kappa shape index (κ3) is 3.45. The molecule has 0 saturated carbocycles. The van der Waals surface area contributed by atoms with Crippen molar-refractivity contribution in [3.63, 3.8) is 0 Å². The number of aromatic nitrogens is 4. The van der Waals surface area contributed by atoms with Crippen LogP contribution >= 0.6 is 23.4 Å². The van der Waals surface area contributed by atoms with Gasteiger partial charge in [0, 0.05) is 16.3 Å². The SMILES string of the molecule is C[C@@H]1C(=O)Nc2ccc(C(=O)CSc3nnnn3-c3cccc(Cl)c3)cc21. The first-order chi connectivity index (χ1) is 13.0. The van der Waals surface area contributed by atoms with Gasteiger partial charge in [-0.2, -0.15) is 4.68 Å². The van der Waals surface area contributed by atoms with Gasteiger partial charge in [0.05, 0.1) is 17.4 Å². The van der Waals surface area contributed by atoms with E-state index in [2.05, 4.69) is 20.8 Å². The first-order valence-corrected chi connectivity index (χ1v) is 9.54. The van der Waals surface area contributed by atoms with Crippen LogP contribution in [0.15, 0.2) is 47.6 Å². The topological polar surface area (TPSA) is 89.8 Å². The average molecular weight is 400 g/mol. The second-order valence-electron chi connectivity index (χ2n) is 6.08. The summed E-state index contributed by atoms with van der Waals surface area (Å²) in [5, 5.41) is 15.5. The molecule has 0 saturated heterocycles. The maximum Gasteiger partial charge on any atom is 0.231 e. The highest BCUT2D eigenvalue weighted by Crippen LogP contribution is 2.33. The van der Waals surface area contributed by atoms with Crippen LogP contribution < -0.4 is 5.32 Å². The van der Waals surface area contributed by atoms with E-state index in [4.69, 9.17) is 11.6 Å². The lowest BCUT2D eigenvalue weighted by Crippen LogP contribution is -2.08. The van der Waals surface area contributed by atoms with Crippen LogP contribution in [0.5, 0.6) is 0 Å². The summed E-state index contributed by atoms with van der Waals surface area (Å²) in [5.74, 6) is -0.189. The van der Waals surface area contributed by atoms with Crippen LogP contribution in [0.1, 0.15) is 28.8 Å². The summed E-state index contributed by atoms with van der Waals surface area (Å²) >= 11 is 7.26. The van der Waals surface area contributed by atoms with E-state index in [9.17, 15) is 9.59 Å². The normalized spacial score (nSPS) is 15.5. The Bertz CT molecular complexity index is 1050. The second-order valence-corrected chi connectivity index (χ2v) is 7.46. The van der Waals surface area contributed by atoms with Crippen LogP contribution in [0.25, 0.3) is 5.69 Å². The average Bonchev–Trinajstić information content (AvgIpc) is 3.24. The van der Waals surface area contributed by atoms with E-state index in [1.54, 1.807) is 36.4 Å². The fraction of sp³-hybridized carbons (Fsp3) is 0.167. The van der Waals surface area contributed by atoms with Crippen molar-refractivity contribution in [3.8, 4) is 5.69 Å². The Balaban J connectivity index is 1.50. The van der Waals surface area contributed by atoms with E-state index in [1.807, 2.05) is 13.0 Å². The van der Waals surface area contributed by atoms with E-state index in [0.29, 0.717) is 15.7 Å². The summed E-state index contributed by atoms with van der Waals surface area (Å²) in [6.45, 7) is 1.82. The maximum atomic E-state index is 12.6.